The summed E-state index contributed by atoms with van der Waals surface area (Å²) in [5.41, 5.74) is 2.61. The zero-order chi connectivity index (χ0) is 17.8. The molecule has 3 heterocycles. The summed E-state index contributed by atoms with van der Waals surface area (Å²) in [6.45, 7) is 0. The van der Waals surface area contributed by atoms with Crippen molar-refractivity contribution in [3.63, 3.8) is 0 Å². The first kappa shape index (κ1) is 15.6. The molecule has 0 nitrogen and oxygen atoms in total. The van der Waals surface area contributed by atoms with Crippen LogP contribution in [0.4, 0.5) is 0 Å². The van der Waals surface area contributed by atoms with Gasteiger partial charge in [0.05, 0.1) is 9.40 Å². The molecule has 0 N–H and O–H groups in total. The molecule has 0 saturated heterocycles. The van der Waals surface area contributed by atoms with Crippen molar-refractivity contribution in [1.29, 1.82) is 0 Å². The van der Waals surface area contributed by atoms with Crippen LogP contribution >= 0.6 is 34.0 Å². The SMILES string of the molecule is c1ccc(-c2sc(-c3ccccc3)c3c4ccsc4c4sccc4c23)cc1. The van der Waals surface area contributed by atoms with Crippen LogP contribution in [0.1, 0.15) is 0 Å². The summed E-state index contributed by atoms with van der Waals surface area (Å²) in [4.78, 5) is 2.75. The molecule has 27 heavy (non-hydrogen) atoms. The van der Waals surface area contributed by atoms with Crippen LogP contribution < -0.4 is 0 Å². The maximum atomic E-state index is 2.30. The average molecular weight is 399 g/mol. The van der Waals surface area contributed by atoms with E-state index in [1.54, 1.807) is 0 Å². The molecule has 3 aromatic carbocycles. The lowest BCUT2D eigenvalue weighted by Crippen LogP contribution is -1.77. The van der Waals surface area contributed by atoms with Crippen molar-refractivity contribution in [2.45, 2.75) is 0 Å². The molecule has 0 amide bonds. The van der Waals surface area contributed by atoms with Gasteiger partial charge in [-0.25, -0.2) is 0 Å². The molecule has 0 aliphatic heterocycles. The topological polar surface area (TPSA) is 0 Å². The minimum Gasteiger partial charge on any atom is -0.142 e. The lowest BCUT2D eigenvalue weighted by molar-refractivity contribution is 1.71. The van der Waals surface area contributed by atoms with Gasteiger partial charge in [0.15, 0.2) is 0 Å². The Morgan fingerprint density at radius 3 is 1.37 bits per heavy atom. The molecule has 3 aromatic heterocycles. The maximum Gasteiger partial charge on any atom is 0.0528 e. The molecule has 0 bridgehead atoms. The predicted molar refractivity (Wildman–Crippen MR) is 123 cm³/mol. The molecular formula is C24H14S3. The highest BCUT2D eigenvalue weighted by molar-refractivity contribution is 7.26. The van der Waals surface area contributed by atoms with E-state index in [1.807, 2.05) is 34.0 Å². The molecule has 0 unspecified atom stereocenters. The largest absolute Gasteiger partial charge is 0.142 e. The van der Waals surface area contributed by atoms with E-state index in [9.17, 15) is 0 Å². The summed E-state index contributed by atoms with van der Waals surface area (Å²) in [7, 11) is 0. The van der Waals surface area contributed by atoms with E-state index in [-0.39, 0.29) is 0 Å². The molecule has 0 saturated carbocycles. The van der Waals surface area contributed by atoms with Crippen molar-refractivity contribution in [1.82, 2.24) is 0 Å². The second kappa shape index (κ2) is 6.03. The standard InChI is InChI=1S/C24H14S3/c1-3-7-15(8-4-1)21-19-17-11-13-25-23(17)24-18(12-14-26-24)20(19)22(27-21)16-9-5-2-6-10-16/h1-14H. The zero-order valence-corrected chi connectivity index (χ0v) is 16.8. The molecule has 128 valence electrons. The first-order valence-electron chi connectivity index (χ1n) is 8.85. The van der Waals surface area contributed by atoms with Gasteiger partial charge < -0.3 is 0 Å². The van der Waals surface area contributed by atoms with Crippen LogP contribution in [0.5, 0.6) is 0 Å². The average Bonchev–Trinajstić information content (AvgIpc) is 3.45. The van der Waals surface area contributed by atoms with Crippen molar-refractivity contribution < 1.29 is 0 Å². The van der Waals surface area contributed by atoms with Gasteiger partial charge in [-0.05, 0) is 34.0 Å². The molecule has 6 rings (SSSR count). The highest BCUT2D eigenvalue weighted by Gasteiger charge is 2.21. The molecule has 0 atom stereocenters. The molecule has 6 aromatic rings. The van der Waals surface area contributed by atoms with Gasteiger partial charge in [0, 0.05) is 31.3 Å². The Balaban J connectivity index is 1.88. The van der Waals surface area contributed by atoms with E-state index in [2.05, 4.69) is 83.6 Å². The van der Waals surface area contributed by atoms with Gasteiger partial charge in [-0.1, -0.05) is 60.7 Å². The third-order valence-corrected chi connectivity index (χ3v) is 8.34. The van der Waals surface area contributed by atoms with Crippen molar-refractivity contribution in [2.75, 3.05) is 0 Å². The van der Waals surface area contributed by atoms with Crippen LogP contribution in [0, 0.1) is 0 Å². The number of rotatable bonds is 2. The quantitative estimate of drug-likeness (QED) is 0.274. The Morgan fingerprint density at radius 1 is 0.481 bits per heavy atom. The molecule has 0 spiro atoms. The Morgan fingerprint density at radius 2 is 0.926 bits per heavy atom. The van der Waals surface area contributed by atoms with Crippen LogP contribution in [0.3, 0.4) is 0 Å². The molecule has 0 radical (unpaired) electrons. The second-order valence-electron chi connectivity index (χ2n) is 6.57. The first-order chi connectivity index (χ1) is 13.4. The van der Waals surface area contributed by atoms with Gasteiger partial charge in [0.2, 0.25) is 0 Å². The third-order valence-electron chi connectivity index (χ3n) is 5.06. The Kier molecular flexibility index (Phi) is 3.48. The smallest absolute Gasteiger partial charge is 0.0528 e. The minimum absolute atomic E-state index is 1.30. The van der Waals surface area contributed by atoms with Crippen LogP contribution in [-0.2, 0) is 0 Å². The third kappa shape index (κ3) is 2.26. The van der Waals surface area contributed by atoms with Crippen LogP contribution in [0.25, 0.3) is 51.8 Å². The zero-order valence-electron chi connectivity index (χ0n) is 14.3. The fourth-order valence-electron chi connectivity index (χ4n) is 3.89. The van der Waals surface area contributed by atoms with Crippen LogP contribution in [0.2, 0.25) is 0 Å². The van der Waals surface area contributed by atoms with Gasteiger partial charge >= 0.3 is 0 Å². The van der Waals surface area contributed by atoms with Gasteiger partial charge in [-0.3, -0.25) is 0 Å². The monoisotopic (exact) mass is 398 g/mol. The number of hydrogen-bond acceptors (Lipinski definition) is 3. The number of fused-ring (bicyclic) bond motifs is 6. The molecule has 0 aliphatic rings. The highest BCUT2D eigenvalue weighted by atomic mass is 32.1. The maximum absolute atomic E-state index is 2.30. The number of thiophene rings is 3. The Hall–Kier alpha value is -2.46. The molecular weight excluding hydrogens is 384 g/mol. The molecule has 0 aliphatic carbocycles. The van der Waals surface area contributed by atoms with E-state index >= 15 is 0 Å². The molecule has 3 heteroatoms. The summed E-state index contributed by atoms with van der Waals surface area (Å²) in [5, 5.41) is 10.1. The number of hydrogen-bond donors (Lipinski definition) is 0. The van der Waals surface area contributed by atoms with E-state index in [0.29, 0.717) is 0 Å². The summed E-state index contributed by atoms with van der Waals surface area (Å²) < 4.78 is 2.84. The Bertz CT molecular complexity index is 1290. The second-order valence-corrected chi connectivity index (χ2v) is 9.42. The summed E-state index contributed by atoms with van der Waals surface area (Å²) in [6.07, 6.45) is 0. The molecule has 0 fully saturated rings. The van der Waals surface area contributed by atoms with Gasteiger partial charge in [-0.15, -0.1) is 34.0 Å². The normalized spacial score (nSPS) is 11.7. The van der Waals surface area contributed by atoms with E-state index < -0.39 is 0 Å². The Labute approximate surface area is 169 Å². The van der Waals surface area contributed by atoms with E-state index in [1.165, 1.54) is 51.8 Å². The lowest BCUT2D eigenvalue weighted by atomic mass is 9.99. The van der Waals surface area contributed by atoms with E-state index in [4.69, 9.17) is 0 Å². The summed E-state index contributed by atoms with van der Waals surface area (Å²) in [6, 6.07) is 26.3. The van der Waals surface area contributed by atoms with Crippen molar-refractivity contribution >= 4 is 65.0 Å². The highest BCUT2D eigenvalue weighted by Crippen LogP contribution is 2.51. The van der Waals surface area contributed by atoms with E-state index in [0.717, 1.165) is 0 Å². The van der Waals surface area contributed by atoms with Gasteiger partial charge in [-0.2, -0.15) is 0 Å². The number of benzene rings is 3. The minimum atomic E-state index is 1.30. The lowest BCUT2D eigenvalue weighted by Gasteiger charge is -2.04. The van der Waals surface area contributed by atoms with Crippen molar-refractivity contribution in [3.05, 3.63) is 83.6 Å². The van der Waals surface area contributed by atoms with Crippen molar-refractivity contribution in [2.24, 2.45) is 0 Å². The fraction of sp³-hybridized carbons (Fsp3) is 0. The summed E-state index contributed by atoms with van der Waals surface area (Å²) >= 11 is 5.65. The summed E-state index contributed by atoms with van der Waals surface area (Å²) in [5.74, 6) is 0. The predicted octanol–water partition coefficient (Wildman–Crippen LogP) is 8.66. The van der Waals surface area contributed by atoms with Gasteiger partial charge in [0.25, 0.3) is 0 Å². The van der Waals surface area contributed by atoms with Crippen LogP contribution in [0.15, 0.2) is 83.6 Å². The van der Waals surface area contributed by atoms with Crippen molar-refractivity contribution in [3.8, 4) is 20.9 Å². The first-order valence-corrected chi connectivity index (χ1v) is 11.4. The van der Waals surface area contributed by atoms with Gasteiger partial charge in [0.1, 0.15) is 0 Å². The van der Waals surface area contributed by atoms with Crippen LogP contribution in [-0.4, -0.2) is 0 Å². The fourth-order valence-corrected chi connectivity index (χ4v) is 7.23.